The van der Waals surface area contributed by atoms with E-state index in [1.807, 2.05) is 17.5 Å². The summed E-state index contributed by atoms with van der Waals surface area (Å²) in [4.78, 5) is 27.3. The van der Waals surface area contributed by atoms with E-state index >= 15 is 0 Å². The number of fused-ring (bicyclic) bond motifs is 1. The molecular weight excluding hydrogens is 418 g/mol. The van der Waals surface area contributed by atoms with E-state index in [0.29, 0.717) is 27.3 Å². The summed E-state index contributed by atoms with van der Waals surface area (Å²) >= 11 is 7.15. The maximum Gasteiger partial charge on any atom is 0.280 e. The number of aromatic nitrogens is 1. The molecule has 10 heteroatoms. The molecule has 1 N–H and O–H groups in total. The van der Waals surface area contributed by atoms with E-state index in [1.165, 1.54) is 35.6 Å². The lowest BCUT2D eigenvalue weighted by atomic mass is 10.1. The van der Waals surface area contributed by atoms with Crippen molar-refractivity contribution in [2.75, 3.05) is 12.1 Å². The molecule has 29 heavy (non-hydrogen) atoms. The maximum absolute atomic E-state index is 12.2. The van der Waals surface area contributed by atoms with Gasteiger partial charge in [-0.05, 0) is 24.3 Å². The first-order chi connectivity index (χ1) is 14.0. The van der Waals surface area contributed by atoms with Gasteiger partial charge in [-0.15, -0.1) is 11.3 Å². The predicted octanol–water partition coefficient (Wildman–Crippen LogP) is 4.75. The average Bonchev–Trinajstić information content (AvgIpc) is 3.35. The third-order valence-corrected chi connectivity index (χ3v) is 5.02. The largest absolute Gasteiger partial charge is 0.454 e. The van der Waals surface area contributed by atoms with Crippen LogP contribution in [0.5, 0.6) is 11.5 Å². The SMILES string of the molecule is O=C(/C=C/c1cc2c(cc1[N+](=O)[O-])OCO2)Nc1nc(-c2ccc(Cl)cc2)cs1. The predicted molar refractivity (Wildman–Crippen MR) is 109 cm³/mol. The van der Waals surface area contributed by atoms with Crippen molar-refractivity contribution in [1.29, 1.82) is 0 Å². The molecule has 0 bridgehead atoms. The molecule has 0 atom stereocenters. The summed E-state index contributed by atoms with van der Waals surface area (Å²) in [6.07, 6.45) is 2.55. The summed E-state index contributed by atoms with van der Waals surface area (Å²) in [5.41, 5.74) is 1.63. The van der Waals surface area contributed by atoms with E-state index in [1.54, 1.807) is 12.1 Å². The van der Waals surface area contributed by atoms with Crippen LogP contribution in [0.15, 0.2) is 47.9 Å². The standard InChI is InChI=1S/C19H12ClN3O5S/c20-13-4-1-11(2-5-13)14-9-29-19(21-14)22-18(24)6-3-12-7-16-17(28-10-27-16)8-15(12)23(25)26/h1-9H,10H2,(H,21,22,24)/b6-3+. The highest BCUT2D eigenvalue weighted by molar-refractivity contribution is 7.14. The second kappa shape index (κ2) is 7.90. The highest BCUT2D eigenvalue weighted by Crippen LogP contribution is 2.38. The van der Waals surface area contributed by atoms with Gasteiger partial charge in [-0.1, -0.05) is 23.7 Å². The first-order valence-corrected chi connectivity index (χ1v) is 9.54. The molecule has 4 rings (SSSR count). The van der Waals surface area contributed by atoms with Crippen molar-refractivity contribution in [1.82, 2.24) is 4.98 Å². The van der Waals surface area contributed by atoms with Crippen molar-refractivity contribution >= 4 is 45.7 Å². The van der Waals surface area contributed by atoms with Crippen molar-refractivity contribution < 1.29 is 19.2 Å². The lowest BCUT2D eigenvalue weighted by Crippen LogP contribution is -2.07. The third-order valence-electron chi connectivity index (χ3n) is 4.01. The molecule has 0 radical (unpaired) electrons. The molecule has 2 heterocycles. The summed E-state index contributed by atoms with van der Waals surface area (Å²) in [6.45, 7) is 0.000140. The van der Waals surface area contributed by atoms with Gasteiger partial charge in [0.05, 0.1) is 22.2 Å². The minimum Gasteiger partial charge on any atom is -0.454 e. The highest BCUT2D eigenvalue weighted by Gasteiger charge is 2.22. The molecule has 146 valence electrons. The number of hydrogen-bond donors (Lipinski definition) is 1. The van der Waals surface area contributed by atoms with Crippen molar-refractivity contribution in [3.8, 4) is 22.8 Å². The molecule has 0 spiro atoms. The van der Waals surface area contributed by atoms with Crippen LogP contribution in [0.3, 0.4) is 0 Å². The Morgan fingerprint density at radius 3 is 2.69 bits per heavy atom. The number of hydrogen-bond acceptors (Lipinski definition) is 7. The van der Waals surface area contributed by atoms with E-state index in [9.17, 15) is 14.9 Å². The summed E-state index contributed by atoms with van der Waals surface area (Å²) in [5, 5.41) is 16.8. The Balaban J connectivity index is 1.48. The Labute approximate surface area is 173 Å². The minimum absolute atomic E-state index is 0.000140. The van der Waals surface area contributed by atoms with E-state index in [0.717, 1.165) is 5.56 Å². The van der Waals surface area contributed by atoms with Crippen LogP contribution >= 0.6 is 22.9 Å². The van der Waals surface area contributed by atoms with Crippen LogP contribution in [0.4, 0.5) is 10.8 Å². The normalized spacial score (nSPS) is 12.3. The zero-order chi connectivity index (χ0) is 20.4. The van der Waals surface area contributed by atoms with E-state index in [4.69, 9.17) is 21.1 Å². The zero-order valence-corrected chi connectivity index (χ0v) is 16.2. The molecule has 0 saturated heterocycles. The fourth-order valence-electron chi connectivity index (χ4n) is 2.64. The number of amides is 1. The van der Waals surface area contributed by atoms with Gasteiger partial charge >= 0.3 is 0 Å². The molecule has 3 aromatic rings. The van der Waals surface area contributed by atoms with E-state index < -0.39 is 10.8 Å². The number of benzene rings is 2. The molecule has 0 fully saturated rings. The number of anilines is 1. The summed E-state index contributed by atoms with van der Waals surface area (Å²) in [7, 11) is 0. The number of halogens is 1. The Morgan fingerprint density at radius 2 is 1.97 bits per heavy atom. The van der Waals surface area contributed by atoms with E-state index in [2.05, 4.69) is 10.3 Å². The van der Waals surface area contributed by atoms with Crippen molar-refractivity contribution in [2.24, 2.45) is 0 Å². The van der Waals surface area contributed by atoms with Crippen molar-refractivity contribution in [3.05, 3.63) is 68.6 Å². The second-order valence-corrected chi connectivity index (χ2v) is 7.18. The molecular formula is C19H12ClN3O5S. The highest BCUT2D eigenvalue weighted by atomic mass is 35.5. The number of nitrogens with one attached hydrogen (secondary N) is 1. The summed E-state index contributed by atoms with van der Waals surface area (Å²) in [5.74, 6) is 0.230. The van der Waals surface area contributed by atoms with Crippen LogP contribution in [0.2, 0.25) is 5.02 Å². The monoisotopic (exact) mass is 429 g/mol. The molecule has 1 aromatic heterocycles. The number of carbonyl (C=O) groups is 1. The summed E-state index contributed by atoms with van der Waals surface area (Å²) < 4.78 is 10.4. The van der Waals surface area contributed by atoms with Gasteiger partial charge in [0.2, 0.25) is 12.7 Å². The van der Waals surface area contributed by atoms with Crippen LogP contribution in [0.1, 0.15) is 5.56 Å². The Morgan fingerprint density at radius 1 is 1.24 bits per heavy atom. The van der Waals surface area contributed by atoms with Crippen LogP contribution in [0, 0.1) is 10.1 Å². The molecule has 0 aliphatic carbocycles. The molecule has 0 saturated carbocycles. The number of rotatable bonds is 5. The fraction of sp³-hybridized carbons (Fsp3) is 0.0526. The van der Waals surface area contributed by atoms with Gasteiger partial charge in [0.1, 0.15) is 0 Å². The molecule has 8 nitrogen and oxygen atoms in total. The lowest BCUT2D eigenvalue weighted by Gasteiger charge is -2.01. The number of nitro groups is 1. The van der Waals surface area contributed by atoms with Gasteiger partial charge in [0.15, 0.2) is 16.6 Å². The average molecular weight is 430 g/mol. The number of nitro benzene ring substituents is 1. The topological polar surface area (TPSA) is 104 Å². The van der Waals surface area contributed by atoms with Crippen LogP contribution in [-0.2, 0) is 4.79 Å². The fourth-order valence-corrected chi connectivity index (χ4v) is 3.48. The number of thiazole rings is 1. The van der Waals surface area contributed by atoms with Gasteiger partial charge in [-0.3, -0.25) is 20.2 Å². The zero-order valence-electron chi connectivity index (χ0n) is 14.6. The first kappa shape index (κ1) is 18.9. The quantitative estimate of drug-likeness (QED) is 0.356. The first-order valence-electron chi connectivity index (χ1n) is 8.28. The Hall–Kier alpha value is -3.43. The number of carbonyl (C=O) groups excluding carboxylic acids is 1. The van der Waals surface area contributed by atoms with Crippen LogP contribution < -0.4 is 14.8 Å². The van der Waals surface area contributed by atoms with Crippen molar-refractivity contribution in [3.63, 3.8) is 0 Å². The third kappa shape index (κ3) is 4.20. The molecule has 0 unspecified atom stereocenters. The molecule has 1 aliphatic heterocycles. The van der Waals surface area contributed by atoms with Gasteiger partial charge in [-0.2, -0.15) is 0 Å². The maximum atomic E-state index is 12.2. The van der Waals surface area contributed by atoms with Gasteiger partial charge < -0.3 is 9.47 Å². The van der Waals surface area contributed by atoms with Gasteiger partial charge in [0.25, 0.3) is 5.69 Å². The number of nitrogens with zero attached hydrogens (tertiary/aromatic N) is 2. The summed E-state index contributed by atoms with van der Waals surface area (Å²) in [6, 6.07) is 9.93. The Kier molecular flexibility index (Phi) is 5.15. The molecule has 2 aromatic carbocycles. The van der Waals surface area contributed by atoms with Crippen molar-refractivity contribution in [2.45, 2.75) is 0 Å². The minimum atomic E-state index is -0.543. The van der Waals surface area contributed by atoms with Gasteiger partial charge in [-0.25, -0.2) is 4.98 Å². The van der Waals surface area contributed by atoms with E-state index in [-0.39, 0.29) is 18.0 Å². The van der Waals surface area contributed by atoms with Crippen LogP contribution in [0.25, 0.3) is 17.3 Å². The Bertz CT molecular complexity index is 1130. The molecule has 1 aliphatic rings. The smallest absolute Gasteiger partial charge is 0.280 e. The lowest BCUT2D eigenvalue weighted by molar-refractivity contribution is -0.385. The van der Waals surface area contributed by atoms with Crippen LogP contribution in [-0.4, -0.2) is 22.6 Å². The molecule has 1 amide bonds. The van der Waals surface area contributed by atoms with Gasteiger partial charge in [0, 0.05) is 22.0 Å². The second-order valence-electron chi connectivity index (χ2n) is 5.89. The number of ether oxygens (including phenoxy) is 2.